The van der Waals surface area contributed by atoms with Crippen molar-refractivity contribution in [2.24, 2.45) is 10.9 Å². The Hall–Kier alpha value is -2.74. The predicted octanol–water partition coefficient (Wildman–Crippen LogP) is 2.17. The van der Waals surface area contributed by atoms with Crippen molar-refractivity contribution in [2.45, 2.75) is 25.4 Å². The first-order valence-electron chi connectivity index (χ1n) is 8.82. The Morgan fingerprint density at radius 1 is 1.19 bits per heavy atom. The minimum absolute atomic E-state index is 0.132. The fourth-order valence-corrected chi connectivity index (χ4v) is 4.02. The van der Waals surface area contributed by atoms with Gasteiger partial charge in [0.05, 0.1) is 23.8 Å². The number of para-hydroxylation sites is 1. The summed E-state index contributed by atoms with van der Waals surface area (Å²) < 4.78 is 1.66. The SMILES string of the molecule is ClN1C=C2N(C1)c1ccccc1C1N=CN(n3cc(CC4CC4)nn3)N21. The van der Waals surface area contributed by atoms with Crippen molar-refractivity contribution in [3.8, 4) is 0 Å². The summed E-state index contributed by atoms with van der Waals surface area (Å²) in [4.78, 5) is 8.67. The number of fused-ring (bicyclic) bond motifs is 6. The summed E-state index contributed by atoms with van der Waals surface area (Å²) in [5.41, 5.74) is 3.31. The van der Waals surface area contributed by atoms with Gasteiger partial charge in [0.15, 0.2) is 12.0 Å². The van der Waals surface area contributed by atoms with Crippen LogP contribution in [-0.4, -0.2) is 37.5 Å². The third kappa shape index (κ3) is 2.05. The van der Waals surface area contributed by atoms with Crippen molar-refractivity contribution < 1.29 is 0 Å². The molecule has 0 saturated heterocycles. The molecule has 8 nitrogen and oxygen atoms in total. The lowest BCUT2D eigenvalue weighted by Crippen LogP contribution is -2.51. The highest BCUT2D eigenvalue weighted by Crippen LogP contribution is 2.45. The molecule has 1 aromatic heterocycles. The minimum atomic E-state index is -0.132. The molecule has 3 aliphatic heterocycles. The maximum absolute atomic E-state index is 6.30. The third-order valence-electron chi connectivity index (χ3n) is 5.25. The molecule has 0 amide bonds. The molecule has 1 fully saturated rings. The molecule has 6 rings (SSSR count). The molecule has 1 aromatic carbocycles. The smallest absolute Gasteiger partial charge is 0.173 e. The van der Waals surface area contributed by atoms with Gasteiger partial charge in [0.2, 0.25) is 0 Å². The van der Waals surface area contributed by atoms with Gasteiger partial charge in [0.25, 0.3) is 0 Å². The van der Waals surface area contributed by atoms with Crippen LogP contribution in [0.3, 0.4) is 0 Å². The van der Waals surface area contributed by atoms with E-state index < -0.39 is 0 Å². The van der Waals surface area contributed by atoms with E-state index in [0.29, 0.717) is 6.67 Å². The van der Waals surface area contributed by atoms with Gasteiger partial charge in [-0.1, -0.05) is 18.2 Å². The molecular weight excluding hydrogens is 352 g/mol. The fourth-order valence-electron chi connectivity index (χ4n) is 3.82. The predicted molar refractivity (Wildman–Crippen MR) is 97.3 cm³/mol. The number of hydrazine groups is 1. The van der Waals surface area contributed by atoms with Crippen LogP contribution in [0.4, 0.5) is 5.69 Å². The third-order valence-corrected chi connectivity index (χ3v) is 5.45. The Balaban J connectivity index is 1.40. The zero-order valence-corrected chi connectivity index (χ0v) is 14.7. The van der Waals surface area contributed by atoms with Crippen LogP contribution >= 0.6 is 11.8 Å². The highest BCUT2D eigenvalue weighted by Gasteiger charge is 2.44. The molecule has 1 saturated carbocycles. The zero-order chi connectivity index (χ0) is 17.3. The van der Waals surface area contributed by atoms with Gasteiger partial charge in [-0.15, -0.1) is 9.89 Å². The average molecular weight is 369 g/mol. The fraction of sp³-hybridized carbons (Fsp3) is 0.353. The molecule has 0 spiro atoms. The van der Waals surface area contributed by atoms with E-state index in [1.54, 1.807) is 15.5 Å². The molecule has 9 heteroatoms. The lowest BCUT2D eigenvalue weighted by atomic mass is 10.1. The Labute approximate surface area is 155 Å². The Kier molecular flexibility index (Phi) is 2.85. The highest BCUT2D eigenvalue weighted by molar-refractivity contribution is 6.14. The van der Waals surface area contributed by atoms with Crippen molar-refractivity contribution in [1.82, 2.24) is 24.5 Å². The number of halogens is 1. The molecule has 1 atom stereocenters. The van der Waals surface area contributed by atoms with E-state index in [1.165, 1.54) is 12.8 Å². The van der Waals surface area contributed by atoms with E-state index in [1.807, 2.05) is 29.6 Å². The van der Waals surface area contributed by atoms with Gasteiger partial charge in [-0.3, -0.25) is 4.42 Å². The van der Waals surface area contributed by atoms with Crippen molar-refractivity contribution in [3.63, 3.8) is 0 Å². The molecular formula is C17H17ClN8. The van der Waals surface area contributed by atoms with Gasteiger partial charge < -0.3 is 4.90 Å². The molecule has 4 aliphatic rings. The Morgan fingerprint density at radius 3 is 2.96 bits per heavy atom. The zero-order valence-electron chi connectivity index (χ0n) is 14.0. The van der Waals surface area contributed by atoms with Gasteiger partial charge >= 0.3 is 0 Å². The normalized spacial score (nSPS) is 23.3. The number of benzene rings is 1. The van der Waals surface area contributed by atoms with Crippen LogP contribution in [0.25, 0.3) is 0 Å². The topological polar surface area (TPSA) is 56.0 Å². The van der Waals surface area contributed by atoms with Crippen molar-refractivity contribution in [2.75, 3.05) is 16.7 Å². The summed E-state index contributed by atoms with van der Waals surface area (Å²) in [7, 11) is 0. The first-order valence-corrected chi connectivity index (χ1v) is 9.15. The number of anilines is 1. The van der Waals surface area contributed by atoms with Crippen molar-refractivity contribution >= 4 is 23.8 Å². The quantitative estimate of drug-likeness (QED) is 0.774. The first-order chi connectivity index (χ1) is 12.8. The second kappa shape index (κ2) is 5.14. The van der Waals surface area contributed by atoms with E-state index in [0.717, 1.165) is 35.1 Å². The van der Waals surface area contributed by atoms with Crippen LogP contribution in [-0.2, 0) is 6.42 Å². The van der Waals surface area contributed by atoms with Crippen LogP contribution < -0.4 is 10.0 Å². The minimum Gasteiger partial charge on any atom is -0.305 e. The van der Waals surface area contributed by atoms with Crippen molar-refractivity contribution in [3.05, 3.63) is 53.7 Å². The van der Waals surface area contributed by atoms with Crippen LogP contribution in [0.5, 0.6) is 0 Å². The molecule has 1 unspecified atom stereocenters. The molecule has 0 N–H and O–H groups in total. The monoisotopic (exact) mass is 368 g/mol. The number of rotatable bonds is 3. The average Bonchev–Trinajstić information content (AvgIpc) is 3.04. The molecule has 0 radical (unpaired) electrons. The van der Waals surface area contributed by atoms with E-state index in [2.05, 4.69) is 32.4 Å². The number of nitrogens with zero attached hydrogens (tertiary/aromatic N) is 8. The molecule has 1 aliphatic carbocycles. The number of aliphatic imine (C=N–C) groups is 1. The summed E-state index contributed by atoms with van der Waals surface area (Å²) in [6.07, 6.45) is 9.19. The van der Waals surface area contributed by atoms with E-state index in [4.69, 9.17) is 16.8 Å². The summed E-state index contributed by atoms with van der Waals surface area (Å²) in [6, 6.07) is 8.31. The summed E-state index contributed by atoms with van der Waals surface area (Å²) in [5.74, 6) is 1.75. The number of hydrogen-bond acceptors (Lipinski definition) is 7. The van der Waals surface area contributed by atoms with Crippen LogP contribution in [0.15, 0.2) is 47.5 Å². The van der Waals surface area contributed by atoms with E-state index in [-0.39, 0.29) is 6.17 Å². The van der Waals surface area contributed by atoms with E-state index >= 15 is 0 Å². The second-order valence-electron chi connectivity index (χ2n) is 7.10. The molecule has 0 bridgehead atoms. The highest BCUT2D eigenvalue weighted by atomic mass is 35.5. The number of hydrogen-bond donors (Lipinski definition) is 0. The summed E-state index contributed by atoms with van der Waals surface area (Å²) in [5, 5.41) is 12.7. The van der Waals surface area contributed by atoms with Gasteiger partial charge in [-0.2, -0.15) is 5.12 Å². The maximum atomic E-state index is 6.30. The van der Waals surface area contributed by atoms with E-state index in [9.17, 15) is 0 Å². The standard InChI is InChI=1S/C17H17ClN8/c18-22-9-16-23(11-22)15-4-2-1-3-14(15)17-19-10-25(26(16)17)24-8-13(20-21-24)7-12-5-6-12/h1-4,8-10,12,17H,5-7,11H2. The lowest BCUT2D eigenvalue weighted by molar-refractivity contribution is 0.226. The van der Waals surface area contributed by atoms with Crippen LogP contribution in [0, 0.1) is 5.92 Å². The Bertz CT molecular complexity index is 932. The summed E-state index contributed by atoms with van der Waals surface area (Å²) >= 11 is 6.30. The molecule has 4 heterocycles. The molecule has 132 valence electrons. The first kappa shape index (κ1) is 14.4. The second-order valence-corrected chi connectivity index (χ2v) is 7.53. The van der Waals surface area contributed by atoms with Gasteiger partial charge in [-0.05, 0) is 36.5 Å². The van der Waals surface area contributed by atoms with Gasteiger partial charge in [0.1, 0.15) is 13.0 Å². The van der Waals surface area contributed by atoms with Crippen LogP contribution in [0.1, 0.15) is 30.3 Å². The maximum Gasteiger partial charge on any atom is 0.173 e. The van der Waals surface area contributed by atoms with Gasteiger partial charge in [0, 0.05) is 17.3 Å². The van der Waals surface area contributed by atoms with Gasteiger partial charge in [-0.25, -0.2) is 10.0 Å². The Morgan fingerprint density at radius 2 is 2.08 bits per heavy atom. The lowest BCUT2D eigenvalue weighted by Gasteiger charge is -2.41. The van der Waals surface area contributed by atoms with Crippen LogP contribution in [0.2, 0.25) is 0 Å². The number of aromatic nitrogens is 3. The molecule has 2 aromatic rings. The van der Waals surface area contributed by atoms with Crippen molar-refractivity contribution in [1.29, 1.82) is 0 Å². The largest absolute Gasteiger partial charge is 0.305 e. The summed E-state index contributed by atoms with van der Waals surface area (Å²) in [6.45, 7) is 0.593. The molecule has 26 heavy (non-hydrogen) atoms.